The van der Waals surface area contributed by atoms with Crippen molar-refractivity contribution in [2.24, 2.45) is 0 Å². The Morgan fingerprint density at radius 2 is 1.81 bits per heavy atom. The molecule has 2 aromatic heterocycles. The monoisotopic (exact) mass is 367 g/mol. The number of anilines is 1. The van der Waals surface area contributed by atoms with Crippen LogP contribution < -0.4 is 10.5 Å². The van der Waals surface area contributed by atoms with Crippen LogP contribution in [0.1, 0.15) is 15.2 Å². The van der Waals surface area contributed by atoms with Gasteiger partial charge in [-0.1, -0.05) is 11.6 Å². The molecule has 0 spiro atoms. The summed E-state index contributed by atoms with van der Waals surface area (Å²) < 4.78 is 19.2. The van der Waals surface area contributed by atoms with Crippen LogP contribution in [0, 0.1) is 12.7 Å². The smallest absolute Gasteiger partial charge is 0.345 e. The van der Waals surface area contributed by atoms with Crippen molar-refractivity contribution in [2.75, 3.05) is 11.9 Å². The Balaban J connectivity index is 1.84. The summed E-state index contributed by atoms with van der Waals surface area (Å²) in [6.45, 7) is 1.96. The van der Waals surface area contributed by atoms with Gasteiger partial charge >= 0.3 is 5.63 Å². The third-order valence-corrected chi connectivity index (χ3v) is 5.42. The van der Waals surface area contributed by atoms with Crippen molar-refractivity contribution in [3.05, 3.63) is 75.2 Å². The highest BCUT2D eigenvalue weighted by Gasteiger charge is 2.19. The van der Waals surface area contributed by atoms with Gasteiger partial charge in [0, 0.05) is 18.1 Å². The molecule has 0 fully saturated rings. The number of aryl methyl sites for hydroxylation is 1. The molecule has 1 amide bonds. The fraction of sp³-hybridized carbons (Fsp3) is 0.100. The molecule has 0 aliphatic carbocycles. The topological polar surface area (TPSA) is 50.5 Å². The van der Waals surface area contributed by atoms with E-state index in [4.69, 9.17) is 4.42 Å². The van der Waals surface area contributed by atoms with Crippen molar-refractivity contribution in [3.63, 3.8) is 0 Å². The number of halogens is 1. The van der Waals surface area contributed by atoms with Crippen molar-refractivity contribution in [1.82, 2.24) is 0 Å². The Morgan fingerprint density at radius 3 is 2.54 bits per heavy atom. The molecule has 0 N–H and O–H groups in total. The molecule has 4 aromatic rings. The first-order valence-corrected chi connectivity index (χ1v) is 8.76. The molecule has 0 unspecified atom stereocenters. The number of fused-ring (bicyclic) bond motifs is 3. The quantitative estimate of drug-likeness (QED) is 0.481. The molecule has 2 aromatic carbocycles. The van der Waals surface area contributed by atoms with E-state index >= 15 is 0 Å². The summed E-state index contributed by atoms with van der Waals surface area (Å²) in [5.74, 6) is -0.631. The lowest BCUT2D eigenvalue weighted by Crippen LogP contribution is -2.25. The summed E-state index contributed by atoms with van der Waals surface area (Å²) in [6, 6.07) is 12.8. The summed E-state index contributed by atoms with van der Waals surface area (Å²) in [7, 11) is 1.62. The summed E-state index contributed by atoms with van der Waals surface area (Å²) >= 11 is 1.26. The van der Waals surface area contributed by atoms with E-state index in [0.717, 1.165) is 15.6 Å². The van der Waals surface area contributed by atoms with Crippen molar-refractivity contribution in [2.45, 2.75) is 6.92 Å². The van der Waals surface area contributed by atoms with Crippen LogP contribution in [0.5, 0.6) is 0 Å². The van der Waals surface area contributed by atoms with Gasteiger partial charge in [-0.15, -0.1) is 11.3 Å². The zero-order chi connectivity index (χ0) is 18.4. The first kappa shape index (κ1) is 16.5. The van der Waals surface area contributed by atoms with Crippen LogP contribution in [0.25, 0.3) is 21.1 Å². The van der Waals surface area contributed by atoms with E-state index in [9.17, 15) is 14.0 Å². The number of benzene rings is 2. The second kappa shape index (κ2) is 6.07. The normalized spacial score (nSPS) is 11.2. The lowest BCUT2D eigenvalue weighted by Gasteiger charge is -2.16. The Kier molecular flexibility index (Phi) is 3.85. The summed E-state index contributed by atoms with van der Waals surface area (Å²) in [6.07, 6.45) is 0. The van der Waals surface area contributed by atoms with Crippen molar-refractivity contribution < 1.29 is 13.6 Å². The van der Waals surface area contributed by atoms with E-state index in [0.29, 0.717) is 21.5 Å². The molecule has 130 valence electrons. The van der Waals surface area contributed by atoms with Crippen molar-refractivity contribution in [1.29, 1.82) is 0 Å². The number of amides is 1. The second-order valence-electron chi connectivity index (χ2n) is 6.08. The van der Waals surface area contributed by atoms with Gasteiger partial charge in [0.15, 0.2) is 0 Å². The zero-order valence-corrected chi connectivity index (χ0v) is 14.9. The van der Waals surface area contributed by atoms with Crippen molar-refractivity contribution in [3.8, 4) is 0 Å². The Hall–Kier alpha value is -2.99. The number of carbonyl (C=O) groups is 1. The number of hydrogen-bond acceptors (Lipinski definition) is 4. The molecule has 4 rings (SSSR count). The summed E-state index contributed by atoms with van der Waals surface area (Å²) in [5, 5.41) is 1.21. The van der Waals surface area contributed by atoms with E-state index in [1.165, 1.54) is 40.5 Å². The fourth-order valence-electron chi connectivity index (χ4n) is 2.86. The van der Waals surface area contributed by atoms with Crippen LogP contribution in [0.2, 0.25) is 0 Å². The van der Waals surface area contributed by atoms with Crippen LogP contribution >= 0.6 is 11.3 Å². The van der Waals surface area contributed by atoms with Gasteiger partial charge in [-0.3, -0.25) is 4.79 Å². The van der Waals surface area contributed by atoms with E-state index in [2.05, 4.69) is 0 Å². The van der Waals surface area contributed by atoms with Gasteiger partial charge in [-0.05, 0) is 49.4 Å². The van der Waals surface area contributed by atoms with Crippen LogP contribution in [0.4, 0.5) is 10.1 Å². The Labute approximate surface area is 152 Å². The molecule has 6 heteroatoms. The summed E-state index contributed by atoms with van der Waals surface area (Å²) in [4.78, 5) is 26.9. The predicted molar refractivity (Wildman–Crippen MR) is 102 cm³/mol. The second-order valence-corrected chi connectivity index (χ2v) is 7.14. The molecular weight excluding hydrogens is 353 g/mol. The van der Waals surface area contributed by atoms with Crippen LogP contribution in [0.3, 0.4) is 0 Å². The number of thiophene rings is 1. The average Bonchev–Trinajstić information content (AvgIpc) is 3.08. The zero-order valence-electron chi connectivity index (χ0n) is 14.1. The molecule has 0 aliphatic heterocycles. The molecule has 4 nitrogen and oxygen atoms in total. The molecule has 0 saturated heterocycles. The van der Waals surface area contributed by atoms with Gasteiger partial charge in [-0.2, -0.15) is 0 Å². The van der Waals surface area contributed by atoms with Crippen molar-refractivity contribution >= 4 is 44.0 Å². The van der Waals surface area contributed by atoms with Gasteiger partial charge in [-0.25, -0.2) is 9.18 Å². The molecule has 0 bridgehead atoms. The maximum Gasteiger partial charge on any atom is 0.345 e. The Morgan fingerprint density at radius 1 is 1.08 bits per heavy atom. The minimum absolute atomic E-state index is 0.266. The van der Waals surface area contributed by atoms with Crippen LogP contribution in [-0.2, 0) is 0 Å². The van der Waals surface area contributed by atoms with E-state index in [1.807, 2.05) is 19.1 Å². The van der Waals surface area contributed by atoms with E-state index in [1.54, 1.807) is 19.2 Å². The lowest BCUT2D eigenvalue weighted by molar-refractivity contribution is 0.0997. The highest BCUT2D eigenvalue weighted by molar-refractivity contribution is 7.21. The van der Waals surface area contributed by atoms with E-state index in [-0.39, 0.29) is 11.7 Å². The van der Waals surface area contributed by atoms with Gasteiger partial charge < -0.3 is 9.32 Å². The molecular formula is C20H14FNO3S. The average molecular weight is 367 g/mol. The lowest BCUT2D eigenvalue weighted by atomic mass is 10.1. The molecule has 0 atom stereocenters. The van der Waals surface area contributed by atoms with Gasteiger partial charge in [0.2, 0.25) is 0 Å². The Bertz CT molecular complexity index is 1210. The SMILES string of the molecule is Cc1ccc2oc(=O)c3cc(C(=O)N(C)c4ccc(F)cc4)sc3c2c1. The molecule has 0 saturated carbocycles. The summed E-state index contributed by atoms with van der Waals surface area (Å²) in [5.41, 5.74) is 1.65. The molecule has 2 heterocycles. The maximum atomic E-state index is 13.1. The van der Waals surface area contributed by atoms with Crippen LogP contribution in [-0.4, -0.2) is 13.0 Å². The number of hydrogen-bond donors (Lipinski definition) is 0. The van der Waals surface area contributed by atoms with Gasteiger partial charge in [0.25, 0.3) is 5.91 Å². The standard InChI is InChI=1S/C20H14FNO3S/c1-11-3-8-16-14(9-11)18-15(20(24)25-16)10-17(26-18)19(23)22(2)13-6-4-12(21)5-7-13/h3-10H,1-2H3. The number of nitrogens with zero attached hydrogens (tertiary/aromatic N) is 1. The fourth-order valence-corrected chi connectivity index (χ4v) is 4.00. The first-order valence-electron chi connectivity index (χ1n) is 7.94. The third kappa shape index (κ3) is 2.68. The predicted octanol–water partition coefficient (Wildman–Crippen LogP) is 4.73. The number of rotatable bonds is 2. The largest absolute Gasteiger partial charge is 0.422 e. The highest BCUT2D eigenvalue weighted by atomic mass is 32.1. The van der Waals surface area contributed by atoms with Gasteiger partial charge in [0.05, 0.1) is 15.0 Å². The van der Waals surface area contributed by atoms with E-state index < -0.39 is 5.63 Å². The molecule has 26 heavy (non-hydrogen) atoms. The van der Waals surface area contributed by atoms with Crippen LogP contribution in [0.15, 0.2) is 57.7 Å². The minimum atomic E-state index is -0.462. The molecule has 0 aliphatic rings. The highest BCUT2D eigenvalue weighted by Crippen LogP contribution is 2.32. The van der Waals surface area contributed by atoms with Gasteiger partial charge in [0.1, 0.15) is 11.4 Å². The maximum absolute atomic E-state index is 13.1. The number of carbonyl (C=O) groups excluding carboxylic acids is 1. The minimum Gasteiger partial charge on any atom is -0.422 e. The third-order valence-electron chi connectivity index (χ3n) is 4.26. The first-order chi connectivity index (χ1) is 12.4. The molecule has 0 radical (unpaired) electrons.